The standard InChI is InChI=1S/C20H20ClN3O4S/c1-12-10-23(7-8-27-12)18(25)11-28-20(26)17-9-16-13(2)22-24(19(16)29-17)15-5-3-14(21)4-6-15/h3-6,9,12H,7-8,10-11H2,1-2H3. The molecular weight excluding hydrogens is 414 g/mol. The average Bonchev–Trinajstić information content (AvgIpc) is 3.27. The summed E-state index contributed by atoms with van der Waals surface area (Å²) in [5.41, 5.74) is 1.66. The molecule has 1 atom stereocenters. The quantitative estimate of drug-likeness (QED) is 0.589. The number of halogens is 1. The fourth-order valence-electron chi connectivity index (χ4n) is 3.24. The molecule has 0 aliphatic carbocycles. The maximum absolute atomic E-state index is 12.5. The normalized spacial score (nSPS) is 16.9. The van der Waals surface area contributed by atoms with Crippen LogP contribution in [-0.2, 0) is 14.3 Å². The predicted octanol–water partition coefficient (Wildman–Crippen LogP) is 3.45. The van der Waals surface area contributed by atoms with Gasteiger partial charge in [0, 0.05) is 23.5 Å². The zero-order valence-corrected chi connectivity index (χ0v) is 17.6. The number of carbonyl (C=O) groups is 2. The molecule has 0 spiro atoms. The van der Waals surface area contributed by atoms with Gasteiger partial charge in [-0.05, 0) is 44.2 Å². The molecule has 1 aliphatic rings. The summed E-state index contributed by atoms with van der Waals surface area (Å²) in [6.45, 7) is 5.05. The van der Waals surface area contributed by atoms with Gasteiger partial charge in [0.1, 0.15) is 9.71 Å². The van der Waals surface area contributed by atoms with Crippen LogP contribution in [0.25, 0.3) is 15.9 Å². The SMILES string of the molecule is Cc1nn(-c2ccc(Cl)cc2)c2sc(C(=O)OCC(=O)N3CCOC(C)C3)cc12. The molecule has 9 heteroatoms. The van der Waals surface area contributed by atoms with E-state index in [9.17, 15) is 9.59 Å². The highest BCUT2D eigenvalue weighted by molar-refractivity contribution is 7.20. The molecule has 1 amide bonds. The lowest BCUT2D eigenvalue weighted by Crippen LogP contribution is -2.46. The van der Waals surface area contributed by atoms with Crippen LogP contribution in [0, 0.1) is 6.92 Å². The third-order valence-corrected chi connectivity index (χ3v) is 6.08. The number of fused-ring (bicyclic) bond motifs is 1. The first-order chi connectivity index (χ1) is 13.9. The van der Waals surface area contributed by atoms with Crippen LogP contribution in [0.15, 0.2) is 30.3 Å². The van der Waals surface area contributed by atoms with E-state index in [0.29, 0.717) is 29.6 Å². The van der Waals surface area contributed by atoms with Crippen LogP contribution in [-0.4, -0.2) is 59.0 Å². The Morgan fingerprint density at radius 2 is 2.10 bits per heavy atom. The maximum atomic E-state index is 12.5. The molecule has 152 valence electrons. The minimum absolute atomic E-state index is 0.00946. The van der Waals surface area contributed by atoms with Crippen molar-refractivity contribution in [3.8, 4) is 5.69 Å². The highest BCUT2D eigenvalue weighted by Crippen LogP contribution is 2.31. The van der Waals surface area contributed by atoms with Crippen LogP contribution in [0.5, 0.6) is 0 Å². The van der Waals surface area contributed by atoms with Gasteiger partial charge >= 0.3 is 5.97 Å². The molecule has 1 fully saturated rings. The van der Waals surface area contributed by atoms with E-state index < -0.39 is 5.97 Å². The Balaban J connectivity index is 1.49. The smallest absolute Gasteiger partial charge is 0.348 e. The number of hydrogen-bond acceptors (Lipinski definition) is 6. The second-order valence-corrected chi connectivity index (χ2v) is 8.37. The highest BCUT2D eigenvalue weighted by Gasteiger charge is 2.23. The van der Waals surface area contributed by atoms with Crippen molar-refractivity contribution < 1.29 is 19.1 Å². The molecule has 1 saturated heterocycles. The van der Waals surface area contributed by atoms with Crippen LogP contribution in [0.1, 0.15) is 22.3 Å². The summed E-state index contributed by atoms with van der Waals surface area (Å²) in [6.07, 6.45) is -0.00946. The molecule has 29 heavy (non-hydrogen) atoms. The molecule has 3 heterocycles. The van der Waals surface area contributed by atoms with Crippen molar-refractivity contribution in [3.63, 3.8) is 0 Å². The Bertz CT molecular complexity index is 1060. The van der Waals surface area contributed by atoms with Crippen molar-refractivity contribution in [2.45, 2.75) is 20.0 Å². The van der Waals surface area contributed by atoms with E-state index in [0.717, 1.165) is 21.6 Å². The van der Waals surface area contributed by atoms with E-state index in [2.05, 4.69) is 5.10 Å². The monoisotopic (exact) mass is 433 g/mol. The van der Waals surface area contributed by atoms with Gasteiger partial charge in [-0.3, -0.25) is 4.79 Å². The number of thiophene rings is 1. The van der Waals surface area contributed by atoms with Crippen molar-refractivity contribution >= 4 is 45.0 Å². The second-order valence-electron chi connectivity index (χ2n) is 6.90. The molecule has 7 nitrogen and oxygen atoms in total. The first-order valence-electron chi connectivity index (χ1n) is 9.24. The number of ether oxygens (including phenoxy) is 2. The summed E-state index contributed by atoms with van der Waals surface area (Å²) in [6, 6.07) is 9.08. The molecule has 0 radical (unpaired) electrons. The zero-order valence-electron chi connectivity index (χ0n) is 16.1. The summed E-state index contributed by atoms with van der Waals surface area (Å²) < 4.78 is 12.5. The van der Waals surface area contributed by atoms with Gasteiger partial charge in [0.05, 0.1) is 24.1 Å². The van der Waals surface area contributed by atoms with E-state index in [4.69, 9.17) is 21.1 Å². The lowest BCUT2D eigenvalue weighted by atomic mass is 10.3. The molecule has 1 unspecified atom stereocenters. The van der Waals surface area contributed by atoms with Gasteiger partial charge in [-0.15, -0.1) is 11.3 Å². The van der Waals surface area contributed by atoms with Crippen molar-refractivity contribution in [2.24, 2.45) is 0 Å². The summed E-state index contributed by atoms with van der Waals surface area (Å²) in [5.74, 6) is -0.721. The third kappa shape index (κ3) is 4.14. The Hall–Kier alpha value is -2.42. The van der Waals surface area contributed by atoms with Crippen LogP contribution < -0.4 is 0 Å². The third-order valence-electron chi connectivity index (χ3n) is 4.74. The fraction of sp³-hybridized carbons (Fsp3) is 0.350. The fourth-order valence-corrected chi connectivity index (χ4v) is 4.44. The van der Waals surface area contributed by atoms with E-state index >= 15 is 0 Å². The van der Waals surface area contributed by atoms with Crippen LogP contribution in [0.4, 0.5) is 0 Å². The largest absolute Gasteiger partial charge is 0.451 e. The van der Waals surface area contributed by atoms with Crippen LogP contribution in [0.3, 0.4) is 0 Å². The van der Waals surface area contributed by atoms with Gasteiger partial charge in [0.15, 0.2) is 6.61 Å². The molecule has 1 aliphatic heterocycles. The number of amides is 1. The molecule has 4 rings (SSSR count). The second kappa shape index (κ2) is 8.14. The highest BCUT2D eigenvalue weighted by atomic mass is 35.5. The lowest BCUT2D eigenvalue weighted by molar-refractivity contribution is -0.141. The zero-order chi connectivity index (χ0) is 20.5. The Kier molecular flexibility index (Phi) is 5.58. The number of hydrogen-bond donors (Lipinski definition) is 0. The summed E-state index contributed by atoms with van der Waals surface area (Å²) in [7, 11) is 0. The molecular formula is C20H20ClN3O4S. The summed E-state index contributed by atoms with van der Waals surface area (Å²) in [5, 5.41) is 6.07. The minimum atomic E-state index is -0.511. The van der Waals surface area contributed by atoms with Crippen molar-refractivity contribution in [3.05, 3.63) is 45.9 Å². The van der Waals surface area contributed by atoms with Gasteiger partial charge in [-0.2, -0.15) is 5.10 Å². The van der Waals surface area contributed by atoms with E-state index in [1.807, 2.05) is 26.0 Å². The number of esters is 1. The molecule has 0 bridgehead atoms. The summed E-state index contributed by atoms with van der Waals surface area (Å²) in [4.78, 5) is 27.7. The first kappa shape index (κ1) is 19.9. The maximum Gasteiger partial charge on any atom is 0.348 e. The van der Waals surface area contributed by atoms with Gasteiger partial charge in [-0.1, -0.05) is 11.6 Å². The topological polar surface area (TPSA) is 73.7 Å². The number of carbonyl (C=O) groups excluding carboxylic acids is 2. The molecule has 1 aromatic carbocycles. The molecule has 0 N–H and O–H groups in total. The van der Waals surface area contributed by atoms with Gasteiger partial charge in [-0.25, -0.2) is 9.48 Å². The Labute approximate surface area is 176 Å². The number of aromatic nitrogens is 2. The van der Waals surface area contributed by atoms with Crippen LogP contribution in [0.2, 0.25) is 5.02 Å². The van der Waals surface area contributed by atoms with Gasteiger partial charge in [0.25, 0.3) is 5.91 Å². The molecule has 2 aromatic heterocycles. The first-order valence-corrected chi connectivity index (χ1v) is 10.4. The predicted molar refractivity (Wildman–Crippen MR) is 111 cm³/mol. The lowest BCUT2D eigenvalue weighted by Gasteiger charge is -2.30. The summed E-state index contributed by atoms with van der Waals surface area (Å²) >= 11 is 7.25. The number of rotatable bonds is 4. The van der Waals surface area contributed by atoms with E-state index in [-0.39, 0.29) is 18.6 Å². The van der Waals surface area contributed by atoms with Gasteiger partial charge in [0.2, 0.25) is 0 Å². The van der Waals surface area contributed by atoms with E-state index in [1.165, 1.54) is 11.3 Å². The Morgan fingerprint density at radius 3 is 2.83 bits per heavy atom. The van der Waals surface area contributed by atoms with Crippen molar-refractivity contribution in [1.29, 1.82) is 0 Å². The van der Waals surface area contributed by atoms with E-state index in [1.54, 1.807) is 27.8 Å². The molecule has 3 aromatic rings. The van der Waals surface area contributed by atoms with Crippen molar-refractivity contribution in [2.75, 3.05) is 26.3 Å². The molecule has 0 saturated carbocycles. The Morgan fingerprint density at radius 1 is 1.34 bits per heavy atom. The average molecular weight is 434 g/mol. The number of benzene rings is 1. The van der Waals surface area contributed by atoms with Gasteiger partial charge < -0.3 is 14.4 Å². The number of nitrogens with zero attached hydrogens (tertiary/aromatic N) is 3. The van der Waals surface area contributed by atoms with Crippen molar-refractivity contribution in [1.82, 2.24) is 14.7 Å². The van der Waals surface area contributed by atoms with Crippen LogP contribution >= 0.6 is 22.9 Å². The number of aryl methyl sites for hydroxylation is 1. The number of morpholine rings is 1. The minimum Gasteiger partial charge on any atom is -0.451 e.